The highest BCUT2D eigenvalue weighted by Gasteiger charge is 2.44. The molecule has 1 heterocycles. The number of carbonyl (C=O) groups excluding carboxylic acids is 3. The summed E-state index contributed by atoms with van der Waals surface area (Å²) >= 11 is 7.08. The summed E-state index contributed by atoms with van der Waals surface area (Å²) in [5.74, 6) is -1.64. The van der Waals surface area contributed by atoms with Gasteiger partial charge in [0.15, 0.2) is 15.4 Å². The van der Waals surface area contributed by atoms with Gasteiger partial charge < -0.3 is 19.7 Å². The zero-order valence-electron chi connectivity index (χ0n) is 38.4. The molecule has 8 rings (SSSR count). The Bertz CT molecular complexity index is 2510. The molecule has 0 bridgehead atoms. The summed E-state index contributed by atoms with van der Waals surface area (Å²) in [6, 6.07) is 39.7. The molecule has 2 amide bonds. The third kappa shape index (κ3) is 11.6. The van der Waals surface area contributed by atoms with E-state index in [1.807, 2.05) is 109 Å². The van der Waals surface area contributed by atoms with Crippen LogP contribution in [0.5, 0.6) is 0 Å². The molecule has 2 fully saturated rings. The highest BCUT2D eigenvalue weighted by Crippen LogP contribution is 2.46. The van der Waals surface area contributed by atoms with Crippen molar-refractivity contribution in [3.63, 3.8) is 0 Å². The largest absolute Gasteiger partial charge is 0.449 e. The van der Waals surface area contributed by atoms with Crippen LogP contribution in [-0.4, -0.2) is 68.5 Å². The molecule has 11 heteroatoms. The van der Waals surface area contributed by atoms with E-state index >= 15 is 0 Å². The second-order valence-electron chi connectivity index (χ2n) is 18.5. The lowest BCUT2D eigenvalue weighted by atomic mass is 9.78. The molecule has 2 atom stereocenters. The van der Waals surface area contributed by atoms with E-state index in [1.165, 1.54) is 81.1 Å². The number of benzene rings is 5. The molecule has 0 spiro atoms. The molecular weight excluding hydrogens is 880 g/mol. The van der Waals surface area contributed by atoms with Crippen molar-refractivity contribution in [2.45, 2.75) is 113 Å². The van der Waals surface area contributed by atoms with E-state index in [9.17, 15) is 22.8 Å². The van der Waals surface area contributed by atoms with E-state index in [0.29, 0.717) is 27.6 Å². The fourth-order valence-corrected chi connectivity index (χ4v) is 11.9. The highest BCUT2D eigenvalue weighted by atomic mass is 35.5. The monoisotopic (exact) mass is 942 g/mol. The Morgan fingerprint density at radius 3 is 1.73 bits per heavy atom. The van der Waals surface area contributed by atoms with Gasteiger partial charge in [-0.1, -0.05) is 204 Å². The molecule has 0 aromatic heterocycles. The molecule has 2 aliphatic carbocycles. The summed E-state index contributed by atoms with van der Waals surface area (Å²) in [5, 5.41) is 3.08. The maximum Gasteiger partial charge on any atom is 0.407 e. The lowest BCUT2D eigenvalue weighted by Crippen LogP contribution is -2.54. The molecule has 0 radical (unpaired) electrons. The van der Waals surface area contributed by atoms with Crippen molar-refractivity contribution in [2.24, 2.45) is 0 Å². The van der Waals surface area contributed by atoms with Crippen molar-refractivity contribution in [1.29, 1.82) is 0 Å². The molecule has 3 aliphatic rings. The van der Waals surface area contributed by atoms with Gasteiger partial charge in [0.25, 0.3) is 0 Å². The molecule has 5 aromatic carbocycles. The molecule has 9 nitrogen and oxygen atoms in total. The summed E-state index contributed by atoms with van der Waals surface area (Å²) in [6.45, 7) is -0.145. The number of hydrogen-bond donors (Lipinski definition) is 1. The number of esters is 1. The molecule has 352 valence electrons. The van der Waals surface area contributed by atoms with Gasteiger partial charge in [-0.15, -0.1) is 0 Å². The van der Waals surface area contributed by atoms with Crippen LogP contribution in [0.4, 0.5) is 4.79 Å². The average Bonchev–Trinajstić information content (AvgIpc) is 3.66. The van der Waals surface area contributed by atoms with Crippen molar-refractivity contribution in [3.8, 4) is 11.1 Å². The molecule has 1 saturated heterocycles. The van der Waals surface area contributed by atoms with Gasteiger partial charge in [-0.2, -0.15) is 0 Å². The van der Waals surface area contributed by atoms with Gasteiger partial charge in [0.2, 0.25) is 5.91 Å². The molecular formula is C56H63ClN2O7S. The standard InChI is InChI=1S/C56H63ClN2O7S/c57-51-30-20-19-29-50(51)56(43-23-13-10-14-24-43,44-33-31-42(32-34-44)41-21-11-8-6-4-2-1-3-5-7-9-12-22-41)66-53(60)39-52(54(61)59-35-37-67(63,64)38-36-59)58-55(62)65-40-49-47-27-17-15-25-45(47)46-26-16-18-28-48(46)49/h10,13-20,23-34,41,49,52H,1-9,11-12,21-22,35-40H2,(H,58,62)/t52-,56?/m0/s1. The molecule has 1 aliphatic heterocycles. The third-order valence-electron chi connectivity index (χ3n) is 14.1. The predicted molar refractivity (Wildman–Crippen MR) is 265 cm³/mol. The molecule has 1 N–H and O–H groups in total. The average molecular weight is 944 g/mol. The van der Waals surface area contributed by atoms with Gasteiger partial charge in [-0.3, -0.25) is 9.59 Å². The number of nitrogens with one attached hydrogen (secondary N) is 1. The predicted octanol–water partition coefficient (Wildman–Crippen LogP) is 11.9. The number of ether oxygens (including phenoxy) is 2. The van der Waals surface area contributed by atoms with E-state index in [4.69, 9.17) is 21.1 Å². The molecule has 5 aromatic rings. The Balaban J connectivity index is 1.08. The summed E-state index contributed by atoms with van der Waals surface area (Å²) in [5.41, 5.74) is 5.75. The smallest absolute Gasteiger partial charge is 0.407 e. The number of rotatable bonds is 11. The summed E-state index contributed by atoms with van der Waals surface area (Å²) < 4.78 is 37.5. The number of amides is 2. The van der Waals surface area contributed by atoms with E-state index in [2.05, 4.69) is 17.4 Å². The normalized spacial score (nSPS) is 18.6. The van der Waals surface area contributed by atoms with Crippen molar-refractivity contribution in [1.82, 2.24) is 10.2 Å². The Labute approximate surface area is 401 Å². The maximum absolute atomic E-state index is 14.8. The summed E-state index contributed by atoms with van der Waals surface area (Å²) in [7, 11) is -3.34. The second kappa shape index (κ2) is 22.6. The van der Waals surface area contributed by atoms with Crippen LogP contribution >= 0.6 is 11.6 Å². The van der Waals surface area contributed by atoms with E-state index < -0.39 is 45.9 Å². The van der Waals surface area contributed by atoms with E-state index in [0.717, 1.165) is 35.1 Å². The van der Waals surface area contributed by atoms with Crippen LogP contribution in [0.3, 0.4) is 0 Å². The van der Waals surface area contributed by atoms with Crippen LogP contribution in [0.15, 0.2) is 127 Å². The molecule has 1 saturated carbocycles. The van der Waals surface area contributed by atoms with Crippen LogP contribution in [0.25, 0.3) is 11.1 Å². The van der Waals surface area contributed by atoms with Crippen molar-refractivity contribution < 1.29 is 32.3 Å². The van der Waals surface area contributed by atoms with Gasteiger partial charge >= 0.3 is 12.1 Å². The van der Waals surface area contributed by atoms with Gasteiger partial charge in [-0.05, 0) is 52.6 Å². The van der Waals surface area contributed by atoms with E-state index in [-0.39, 0.29) is 37.1 Å². The minimum Gasteiger partial charge on any atom is -0.449 e. The van der Waals surface area contributed by atoms with Crippen molar-refractivity contribution >= 4 is 39.4 Å². The minimum absolute atomic E-state index is 0.00630. The Kier molecular flexibility index (Phi) is 16.2. The first-order valence-electron chi connectivity index (χ1n) is 24.4. The maximum atomic E-state index is 14.8. The van der Waals surface area contributed by atoms with Gasteiger partial charge in [0.1, 0.15) is 12.6 Å². The first kappa shape index (κ1) is 48.0. The lowest BCUT2D eigenvalue weighted by molar-refractivity contribution is -0.156. The number of halogens is 1. The van der Waals surface area contributed by atoms with Crippen LogP contribution in [0.2, 0.25) is 5.02 Å². The van der Waals surface area contributed by atoms with Gasteiger partial charge in [0, 0.05) is 40.7 Å². The Hall–Kier alpha value is -5.45. The van der Waals surface area contributed by atoms with Gasteiger partial charge in [-0.25, -0.2) is 13.2 Å². The molecule has 1 unspecified atom stereocenters. The minimum atomic E-state index is -3.34. The van der Waals surface area contributed by atoms with Gasteiger partial charge in [0.05, 0.1) is 17.9 Å². The fraction of sp³-hybridized carbons (Fsp3) is 0.411. The van der Waals surface area contributed by atoms with Crippen molar-refractivity contribution in [3.05, 3.63) is 166 Å². The van der Waals surface area contributed by atoms with Crippen LogP contribution in [0, 0.1) is 0 Å². The zero-order chi connectivity index (χ0) is 46.6. The van der Waals surface area contributed by atoms with Crippen LogP contribution in [0.1, 0.15) is 135 Å². The topological polar surface area (TPSA) is 119 Å². The SMILES string of the molecule is O=C(C[C@H](NC(=O)OCC1c2ccccc2-c2ccccc21)C(=O)N1CCS(=O)(=O)CC1)OC(c1ccccc1)(c1ccc(C2CCCCCCCCCCCCC2)cc1)c1ccccc1Cl. The fourth-order valence-electron chi connectivity index (χ4n) is 10.4. The highest BCUT2D eigenvalue weighted by molar-refractivity contribution is 7.91. The first-order valence-corrected chi connectivity index (χ1v) is 26.6. The number of carbonyl (C=O) groups is 3. The lowest BCUT2D eigenvalue weighted by Gasteiger charge is -2.37. The Morgan fingerprint density at radius 2 is 1.15 bits per heavy atom. The quantitative estimate of drug-likeness (QED) is 0.103. The van der Waals surface area contributed by atoms with Crippen molar-refractivity contribution in [2.75, 3.05) is 31.2 Å². The number of fused-ring (bicyclic) bond motifs is 3. The number of nitrogens with zero attached hydrogens (tertiary/aromatic N) is 1. The zero-order valence-corrected chi connectivity index (χ0v) is 40.0. The molecule has 67 heavy (non-hydrogen) atoms. The summed E-state index contributed by atoms with van der Waals surface area (Å²) in [4.78, 5) is 44.4. The number of hydrogen-bond acceptors (Lipinski definition) is 7. The number of sulfone groups is 1. The Morgan fingerprint density at radius 1 is 0.642 bits per heavy atom. The van der Waals surface area contributed by atoms with Crippen LogP contribution in [-0.2, 0) is 34.5 Å². The van der Waals surface area contributed by atoms with Crippen LogP contribution < -0.4 is 5.32 Å². The number of alkyl carbamates (subject to hydrolysis) is 1. The first-order chi connectivity index (χ1) is 32.6. The third-order valence-corrected chi connectivity index (χ3v) is 16.0. The summed E-state index contributed by atoms with van der Waals surface area (Å²) in [6.07, 6.45) is 14.9. The van der Waals surface area contributed by atoms with E-state index in [1.54, 1.807) is 6.07 Å². The second-order valence-corrected chi connectivity index (χ2v) is 21.2.